The molecule has 0 unspecified atom stereocenters. The third-order valence-corrected chi connectivity index (χ3v) is 3.80. The number of nitrogens with zero attached hydrogens (tertiary/aromatic N) is 1. The van der Waals surface area contributed by atoms with Crippen molar-refractivity contribution in [3.63, 3.8) is 0 Å². The van der Waals surface area contributed by atoms with E-state index < -0.39 is 0 Å². The van der Waals surface area contributed by atoms with Crippen LogP contribution >= 0.6 is 0 Å². The predicted octanol–water partition coefficient (Wildman–Crippen LogP) is 2.97. The molecule has 0 saturated carbocycles. The van der Waals surface area contributed by atoms with Gasteiger partial charge in [-0.1, -0.05) is 12.1 Å². The molecule has 6 heteroatoms. The Bertz CT molecular complexity index is 734. The van der Waals surface area contributed by atoms with Gasteiger partial charge >= 0.3 is 0 Å². The van der Waals surface area contributed by atoms with Gasteiger partial charge in [0.25, 0.3) is 0 Å². The van der Waals surface area contributed by atoms with Crippen LogP contribution in [0.5, 0.6) is 28.7 Å². The van der Waals surface area contributed by atoms with Crippen LogP contribution in [-0.4, -0.2) is 46.8 Å². The predicted molar refractivity (Wildman–Crippen MR) is 94.9 cm³/mol. The standard InChI is InChI=1S/C19H21NO5/c1-21-17-8-13(9-18(22-2)19(17)23-3)10-20-11-14-12-24-15-6-4-5-7-16(15)25-14/h4-10,14H,11-12H2,1-3H3/t14-/m1/s1. The summed E-state index contributed by atoms with van der Waals surface area (Å²) < 4.78 is 27.6. The third kappa shape index (κ3) is 3.79. The first-order valence-corrected chi connectivity index (χ1v) is 7.93. The van der Waals surface area contributed by atoms with Crippen molar-refractivity contribution in [2.75, 3.05) is 34.5 Å². The maximum Gasteiger partial charge on any atom is 0.203 e. The average Bonchev–Trinajstić information content (AvgIpc) is 2.67. The van der Waals surface area contributed by atoms with E-state index in [0.29, 0.717) is 30.4 Å². The van der Waals surface area contributed by atoms with Gasteiger partial charge in [0.1, 0.15) is 6.61 Å². The van der Waals surface area contributed by atoms with E-state index in [-0.39, 0.29) is 6.10 Å². The maximum absolute atomic E-state index is 5.89. The average molecular weight is 343 g/mol. The Morgan fingerprint density at radius 2 is 1.72 bits per heavy atom. The molecular weight excluding hydrogens is 322 g/mol. The van der Waals surface area contributed by atoms with Crippen LogP contribution in [0.25, 0.3) is 0 Å². The first-order valence-electron chi connectivity index (χ1n) is 7.93. The zero-order chi connectivity index (χ0) is 17.6. The lowest BCUT2D eigenvalue weighted by Crippen LogP contribution is -2.31. The van der Waals surface area contributed by atoms with Crippen molar-refractivity contribution < 1.29 is 23.7 Å². The smallest absolute Gasteiger partial charge is 0.203 e. The molecule has 0 fully saturated rings. The van der Waals surface area contributed by atoms with E-state index in [1.54, 1.807) is 27.5 Å². The van der Waals surface area contributed by atoms with Crippen molar-refractivity contribution in [2.24, 2.45) is 4.99 Å². The summed E-state index contributed by atoms with van der Waals surface area (Å²) in [5.41, 5.74) is 0.853. The Balaban J connectivity index is 1.69. The molecule has 1 aliphatic heterocycles. The molecule has 0 aromatic heterocycles. The SMILES string of the molecule is COc1cc(C=NC[C@@H]2COc3ccccc3O2)cc(OC)c1OC. The number of ether oxygens (including phenoxy) is 5. The Morgan fingerprint density at radius 1 is 1.04 bits per heavy atom. The molecule has 6 nitrogen and oxygen atoms in total. The molecule has 132 valence electrons. The minimum absolute atomic E-state index is 0.117. The minimum atomic E-state index is -0.117. The fraction of sp³-hybridized carbons (Fsp3) is 0.316. The Kier molecular flexibility index (Phi) is 5.28. The molecule has 0 spiro atoms. The molecular formula is C19H21NO5. The normalized spacial score (nSPS) is 15.9. The van der Waals surface area contributed by atoms with E-state index in [1.807, 2.05) is 36.4 Å². The number of hydrogen-bond acceptors (Lipinski definition) is 6. The summed E-state index contributed by atoms with van der Waals surface area (Å²) >= 11 is 0. The summed E-state index contributed by atoms with van der Waals surface area (Å²) in [4.78, 5) is 4.46. The largest absolute Gasteiger partial charge is 0.493 e. The summed E-state index contributed by atoms with van der Waals surface area (Å²) in [5.74, 6) is 3.26. The van der Waals surface area contributed by atoms with Crippen LogP contribution < -0.4 is 23.7 Å². The second-order valence-electron chi connectivity index (χ2n) is 5.45. The Labute approximate surface area is 147 Å². The Hall–Kier alpha value is -2.89. The highest BCUT2D eigenvalue weighted by molar-refractivity contribution is 5.82. The van der Waals surface area contributed by atoms with E-state index in [1.165, 1.54) is 0 Å². The number of para-hydroxylation sites is 2. The van der Waals surface area contributed by atoms with Gasteiger partial charge in [-0.25, -0.2) is 0 Å². The van der Waals surface area contributed by atoms with Crippen molar-refractivity contribution in [3.8, 4) is 28.7 Å². The van der Waals surface area contributed by atoms with E-state index in [2.05, 4.69) is 4.99 Å². The molecule has 0 radical (unpaired) electrons. The molecule has 0 amide bonds. The molecule has 0 bridgehead atoms. The highest BCUT2D eigenvalue weighted by Crippen LogP contribution is 2.37. The number of fused-ring (bicyclic) bond motifs is 1. The fourth-order valence-electron chi connectivity index (χ4n) is 2.60. The van der Waals surface area contributed by atoms with E-state index in [0.717, 1.165) is 17.1 Å². The van der Waals surface area contributed by atoms with Gasteiger partial charge in [0.2, 0.25) is 5.75 Å². The van der Waals surface area contributed by atoms with Gasteiger partial charge in [0.05, 0.1) is 27.9 Å². The van der Waals surface area contributed by atoms with Gasteiger partial charge in [0, 0.05) is 6.21 Å². The highest BCUT2D eigenvalue weighted by atomic mass is 16.6. The van der Waals surface area contributed by atoms with Crippen molar-refractivity contribution in [1.82, 2.24) is 0 Å². The van der Waals surface area contributed by atoms with Crippen LogP contribution in [0.15, 0.2) is 41.4 Å². The molecule has 1 aliphatic rings. The lowest BCUT2D eigenvalue weighted by atomic mass is 10.2. The number of methoxy groups -OCH3 is 3. The first kappa shape index (κ1) is 17.0. The molecule has 25 heavy (non-hydrogen) atoms. The molecule has 3 rings (SSSR count). The van der Waals surface area contributed by atoms with Gasteiger partial charge in [-0.2, -0.15) is 0 Å². The number of rotatable bonds is 6. The third-order valence-electron chi connectivity index (χ3n) is 3.80. The molecule has 0 saturated heterocycles. The molecule has 1 atom stereocenters. The van der Waals surface area contributed by atoms with Gasteiger partial charge in [0.15, 0.2) is 29.1 Å². The lowest BCUT2D eigenvalue weighted by Gasteiger charge is -2.25. The molecule has 2 aromatic rings. The fourth-order valence-corrected chi connectivity index (χ4v) is 2.60. The molecule has 1 heterocycles. The number of aliphatic imine (C=N–C) groups is 1. The van der Waals surface area contributed by atoms with Crippen molar-refractivity contribution >= 4 is 6.21 Å². The second-order valence-corrected chi connectivity index (χ2v) is 5.45. The minimum Gasteiger partial charge on any atom is -0.493 e. The van der Waals surface area contributed by atoms with Gasteiger partial charge in [-0.05, 0) is 29.8 Å². The van der Waals surface area contributed by atoms with Gasteiger partial charge < -0.3 is 23.7 Å². The topological polar surface area (TPSA) is 58.5 Å². The summed E-state index contributed by atoms with van der Waals surface area (Å²) in [7, 11) is 4.75. The molecule has 0 aliphatic carbocycles. The van der Waals surface area contributed by atoms with Gasteiger partial charge in [-0.15, -0.1) is 0 Å². The highest BCUT2D eigenvalue weighted by Gasteiger charge is 2.19. The monoisotopic (exact) mass is 343 g/mol. The lowest BCUT2D eigenvalue weighted by molar-refractivity contribution is 0.0973. The van der Waals surface area contributed by atoms with Crippen LogP contribution in [0.2, 0.25) is 0 Å². The van der Waals surface area contributed by atoms with Crippen molar-refractivity contribution in [1.29, 1.82) is 0 Å². The molecule has 0 N–H and O–H groups in total. The summed E-state index contributed by atoms with van der Waals surface area (Å²) in [5, 5.41) is 0. The van der Waals surface area contributed by atoms with Crippen LogP contribution in [-0.2, 0) is 0 Å². The van der Waals surface area contributed by atoms with Crippen LogP contribution in [0, 0.1) is 0 Å². The second kappa shape index (κ2) is 7.79. The van der Waals surface area contributed by atoms with Crippen LogP contribution in [0.4, 0.5) is 0 Å². The maximum atomic E-state index is 5.89. The zero-order valence-corrected chi connectivity index (χ0v) is 14.5. The summed E-state index contributed by atoms with van der Waals surface area (Å²) in [6, 6.07) is 11.3. The van der Waals surface area contributed by atoms with Crippen molar-refractivity contribution in [2.45, 2.75) is 6.10 Å². The quantitative estimate of drug-likeness (QED) is 0.755. The van der Waals surface area contributed by atoms with E-state index in [4.69, 9.17) is 23.7 Å². The number of hydrogen-bond donors (Lipinski definition) is 0. The summed E-state index contributed by atoms with van der Waals surface area (Å²) in [6.07, 6.45) is 1.64. The first-order chi connectivity index (χ1) is 12.2. The Morgan fingerprint density at radius 3 is 2.36 bits per heavy atom. The zero-order valence-electron chi connectivity index (χ0n) is 14.5. The van der Waals surface area contributed by atoms with E-state index in [9.17, 15) is 0 Å². The van der Waals surface area contributed by atoms with Gasteiger partial charge in [-0.3, -0.25) is 4.99 Å². The van der Waals surface area contributed by atoms with Crippen molar-refractivity contribution in [3.05, 3.63) is 42.0 Å². The van der Waals surface area contributed by atoms with Crippen LogP contribution in [0.3, 0.4) is 0 Å². The summed E-state index contributed by atoms with van der Waals surface area (Å²) in [6.45, 7) is 0.967. The van der Waals surface area contributed by atoms with Crippen LogP contribution in [0.1, 0.15) is 5.56 Å². The van der Waals surface area contributed by atoms with E-state index >= 15 is 0 Å². The molecule has 2 aromatic carbocycles. The number of benzene rings is 2.